The minimum absolute atomic E-state index is 0.140. The van der Waals surface area contributed by atoms with Gasteiger partial charge in [-0.05, 0) is 57.3 Å². The van der Waals surface area contributed by atoms with Crippen LogP contribution in [0.5, 0.6) is 0 Å². The highest BCUT2D eigenvalue weighted by molar-refractivity contribution is 5.79. The second kappa shape index (κ2) is 42.2. The second-order valence-corrected chi connectivity index (χ2v) is 23.8. The Bertz CT molecular complexity index is 1560. The van der Waals surface area contributed by atoms with E-state index in [4.69, 9.17) is 42.6 Å². The van der Waals surface area contributed by atoms with Gasteiger partial charge in [-0.1, -0.05) is 92.4 Å². The molecule has 0 aromatic heterocycles. The predicted molar refractivity (Wildman–Crippen MR) is 300 cm³/mol. The summed E-state index contributed by atoms with van der Waals surface area (Å²) in [4.78, 5) is 38.6. The van der Waals surface area contributed by atoms with Crippen LogP contribution in [0.2, 0.25) is 0 Å². The molecule has 0 aromatic carbocycles. The summed E-state index contributed by atoms with van der Waals surface area (Å²) in [5, 5.41) is 89.3. The maximum atomic E-state index is 12.9. The fourth-order valence-electron chi connectivity index (χ4n) is 10.9. The summed E-state index contributed by atoms with van der Waals surface area (Å²) in [5.41, 5.74) is -0.443. The first-order chi connectivity index (χ1) is 38.9. The van der Waals surface area contributed by atoms with Gasteiger partial charge in [-0.15, -0.1) is 0 Å². The maximum Gasteiger partial charge on any atom is 0.163 e. The Morgan fingerprint density at radius 2 is 0.691 bits per heavy atom. The summed E-state index contributed by atoms with van der Waals surface area (Å²) in [6, 6.07) is 0. The summed E-state index contributed by atoms with van der Waals surface area (Å²) in [5.74, 6) is -0.570. The number of ketones is 3. The van der Waals surface area contributed by atoms with Crippen molar-refractivity contribution >= 4 is 17.3 Å². The van der Waals surface area contributed by atoms with Gasteiger partial charge in [-0.2, -0.15) is 0 Å². The summed E-state index contributed by atoms with van der Waals surface area (Å²) in [6.45, 7) is 11.5. The monoisotopic (exact) mass is 1170 g/mol. The van der Waals surface area contributed by atoms with Crippen LogP contribution in [0.25, 0.3) is 0 Å². The second-order valence-electron chi connectivity index (χ2n) is 23.8. The normalized spacial score (nSPS) is 29.7. The average molecular weight is 1170 g/mol. The number of aliphatic hydroxyl groups excluding tert-OH is 9. The lowest BCUT2D eigenvalue weighted by molar-refractivity contribution is -0.282. The van der Waals surface area contributed by atoms with Crippen LogP contribution < -0.4 is 0 Å². The lowest BCUT2D eigenvalue weighted by Crippen LogP contribution is -2.55. The molecule has 21 heteroatoms. The number of hydrogen-bond donors (Lipinski definition) is 9. The van der Waals surface area contributed by atoms with Gasteiger partial charge in [0.15, 0.2) is 18.9 Å². The molecule has 3 rings (SSSR count). The van der Waals surface area contributed by atoms with E-state index in [9.17, 15) is 60.3 Å². The molecular formula is C60H110O21. The van der Waals surface area contributed by atoms with Crippen molar-refractivity contribution in [2.75, 3.05) is 79.3 Å². The van der Waals surface area contributed by atoms with Crippen molar-refractivity contribution < 1.29 is 103 Å². The summed E-state index contributed by atoms with van der Waals surface area (Å²) < 4.78 is 52.9. The third-order valence-corrected chi connectivity index (χ3v) is 16.2. The molecular weight excluding hydrogens is 1060 g/mol. The van der Waals surface area contributed by atoms with Crippen LogP contribution in [0, 0.1) is 29.1 Å². The Kier molecular flexibility index (Phi) is 38.3. The number of hydrogen-bond acceptors (Lipinski definition) is 21. The lowest BCUT2D eigenvalue weighted by atomic mass is 9.78. The molecule has 21 nitrogen and oxygen atoms in total. The largest absolute Gasteiger partial charge is 0.394 e. The standard InChI is InChI=1S/C60H110O21/c1-41(2)35-60(39-74-32-25-46(65)22-16-10-7-13-19-29-77-58-43(4)52(68)55(71)49(37-62)80-58,40-75-33-26-47(66)23-17-11-8-14-20-30-78-59-44(5)53(69)56(72)50(38-63)81-59)27-34-73-31-24-45(64)21-15-9-6-12-18-28-76-57-42(3)51(67)54(70)48(36-61)79-57/h41-44,48-59,61-63,67-72H,6-40H2,1-5H3/t42?,43?,44?,48?,49?,50?,51-,52-,53-,54+,55+,56+,57-,58-,59-,60?/m1/s1. The summed E-state index contributed by atoms with van der Waals surface area (Å²) >= 11 is 0. The SMILES string of the molecule is CC(C)CC(CCOCCC(=O)CCCCCCCO[C@@H]1OC(CO)[C@H](O)[C@H](O)C1C)(COCCC(=O)CCCCCCCO[C@@H]1OC(CO)[C@H](O)[C@H](O)C1C)COCCC(=O)CCCCCCCO[C@@H]1OC(CO)[C@H](O)[C@H](O)C1C. The van der Waals surface area contributed by atoms with E-state index in [0.717, 1.165) is 103 Å². The van der Waals surface area contributed by atoms with E-state index in [1.807, 2.05) is 0 Å². The van der Waals surface area contributed by atoms with Gasteiger partial charge in [0.05, 0.1) is 71.2 Å². The van der Waals surface area contributed by atoms with Gasteiger partial charge in [0, 0.05) is 88.1 Å². The van der Waals surface area contributed by atoms with Gasteiger partial charge in [-0.3, -0.25) is 14.4 Å². The molecule has 0 saturated carbocycles. The molecule has 0 spiro atoms. The van der Waals surface area contributed by atoms with E-state index >= 15 is 0 Å². The molecule has 3 saturated heterocycles. The van der Waals surface area contributed by atoms with Gasteiger partial charge in [0.1, 0.15) is 54.0 Å². The highest BCUT2D eigenvalue weighted by Crippen LogP contribution is 2.33. The zero-order chi connectivity index (χ0) is 59.6. The van der Waals surface area contributed by atoms with Crippen LogP contribution in [-0.4, -0.2) is 216 Å². The maximum absolute atomic E-state index is 12.9. The van der Waals surface area contributed by atoms with E-state index in [0.29, 0.717) is 97.1 Å². The van der Waals surface area contributed by atoms with Gasteiger partial charge < -0.3 is 88.6 Å². The zero-order valence-corrected chi connectivity index (χ0v) is 49.9. The molecule has 15 atom stereocenters. The summed E-state index contributed by atoms with van der Waals surface area (Å²) in [6.07, 6.45) is 5.24. The van der Waals surface area contributed by atoms with Crippen LogP contribution in [0.3, 0.4) is 0 Å². The van der Waals surface area contributed by atoms with Crippen LogP contribution in [-0.2, 0) is 57.0 Å². The minimum Gasteiger partial charge on any atom is -0.394 e. The molecule has 3 fully saturated rings. The number of ether oxygens (including phenoxy) is 9. The van der Waals surface area contributed by atoms with Crippen molar-refractivity contribution in [2.24, 2.45) is 29.1 Å². The van der Waals surface area contributed by atoms with Crippen molar-refractivity contribution in [3.05, 3.63) is 0 Å². The Hall–Kier alpha value is -1.71. The number of rotatable bonds is 48. The van der Waals surface area contributed by atoms with Gasteiger partial charge in [0.25, 0.3) is 0 Å². The Balaban J connectivity index is 1.36. The number of carbonyl (C=O) groups is 3. The lowest BCUT2D eigenvalue weighted by Gasteiger charge is -2.40. The van der Waals surface area contributed by atoms with Crippen LogP contribution >= 0.6 is 0 Å². The number of aliphatic hydroxyl groups is 9. The van der Waals surface area contributed by atoms with Crippen LogP contribution in [0.4, 0.5) is 0 Å². The highest BCUT2D eigenvalue weighted by Gasteiger charge is 2.45. The third kappa shape index (κ3) is 28.1. The average Bonchev–Trinajstić information content (AvgIpc) is 3.44. The molecule has 0 aliphatic carbocycles. The van der Waals surface area contributed by atoms with Gasteiger partial charge in [-0.25, -0.2) is 0 Å². The molecule has 476 valence electrons. The third-order valence-electron chi connectivity index (χ3n) is 16.2. The van der Waals surface area contributed by atoms with Gasteiger partial charge >= 0.3 is 0 Å². The molecule has 0 aromatic rings. The van der Waals surface area contributed by atoms with E-state index < -0.39 is 117 Å². The molecule has 9 N–H and O–H groups in total. The first-order valence-corrected chi connectivity index (χ1v) is 30.9. The first kappa shape index (κ1) is 73.5. The molecule has 0 radical (unpaired) electrons. The fourth-order valence-corrected chi connectivity index (χ4v) is 10.9. The Morgan fingerprint density at radius 3 is 1.00 bits per heavy atom. The van der Waals surface area contributed by atoms with Crippen molar-refractivity contribution in [1.82, 2.24) is 0 Å². The number of unbranched alkanes of at least 4 members (excludes halogenated alkanes) is 12. The molecule has 0 amide bonds. The molecule has 6 unspecified atom stereocenters. The van der Waals surface area contributed by atoms with E-state index in [1.54, 1.807) is 20.8 Å². The van der Waals surface area contributed by atoms with Gasteiger partial charge in [0.2, 0.25) is 0 Å². The number of Topliss-reactive ketones (excluding diaryl/α,β-unsaturated/α-hetero) is 3. The van der Waals surface area contributed by atoms with E-state index in [1.165, 1.54) is 0 Å². The van der Waals surface area contributed by atoms with E-state index in [-0.39, 0.29) is 30.6 Å². The van der Waals surface area contributed by atoms with Crippen molar-refractivity contribution in [3.63, 3.8) is 0 Å². The van der Waals surface area contributed by atoms with Crippen LogP contribution in [0.1, 0.15) is 182 Å². The zero-order valence-electron chi connectivity index (χ0n) is 49.9. The smallest absolute Gasteiger partial charge is 0.163 e. The minimum atomic E-state index is -1.16. The van der Waals surface area contributed by atoms with Crippen molar-refractivity contribution in [2.45, 2.75) is 256 Å². The van der Waals surface area contributed by atoms with E-state index in [2.05, 4.69) is 13.8 Å². The Morgan fingerprint density at radius 1 is 0.395 bits per heavy atom. The topological polar surface area (TPSA) is 316 Å². The molecule has 0 bridgehead atoms. The molecule has 3 heterocycles. The highest BCUT2D eigenvalue weighted by atomic mass is 16.7. The molecule has 3 aliphatic rings. The first-order valence-electron chi connectivity index (χ1n) is 30.9. The Labute approximate surface area is 483 Å². The predicted octanol–water partition coefficient (Wildman–Crippen LogP) is 4.63. The molecule has 81 heavy (non-hydrogen) atoms. The number of carbonyl (C=O) groups excluding carboxylic acids is 3. The van der Waals surface area contributed by atoms with Crippen molar-refractivity contribution in [3.8, 4) is 0 Å². The molecule has 3 aliphatic heterocycles. The quantitative estimate of drug-likeness (QED) is 0.0375. The fraction of sp³-hybridized carbons (Fsp3) is 0.950. The summed E-state index contributed by atoms with van der Waals surface area (Å²) in [7, 11) is 0. The van der Waals surface area contributed by atoms with Crippen LogP contribution in [0.15, 0.2) is 0 Å². The van der Waals surface area contributed by atoms with Crippen molar-refractivity contribution in [1.29, 1.82) is 0 Å².